The summed E-state index contributed by atoms with van der Waals surface area (Å²) in [6.07, 6.45) is 1.45. The molecule has 3 aromatic carbocycles. The molecule has 0 aliphatic carbocycles. The molecule has 6 nitrogen and oxygen atoms in total. The minimum absolute atomic E-state index is 0.0918. The maximum absolute atomic E-state index is 14.6. The van der Waals surface area contributed by atoms with Crippen LogP contribution in [0.15, 0.2) is 72.9 Å². The average Bonchev–Trinajstić information content (AvgIpc) is 2.81. The number of benzene rings is 3. The van der Waals surface area contributed by atoms with Gasteiger partial charge >= 0.3 is 0 Å². The molecule has 154 valence electrons. The molecule has 0 amide bonds. The van der Waals surface area contributed by atoms with E-state index in [1.165, 1.54) is 36.5 Å². The zero-order valence-corrected chi connectivity index (χ0v) is 16.4. The largest absolute Gasteiger partial charge is 0.436 e. The lowest BCUT2D eigenvalue weighted by Crippen LogP contribution is -1.99. The summed E-state index contributed by atoms with van der Waals surface area (Å²) in [7, 11) is 0. The highest BCUT2D eigenvalue weighted by Gasteiger charge is 2.12. The Hall–Kier alpha value is -4.82. The van der Waals surface area contributed by atoms with Crippen molar-refractivity contribution >= 4 is 11.6 Å². The molecule has 0 radical (unpaired) electrons. The number of halogens is 2. The molecule has 0 saturated heterocycles. The molecule has 1 aromatic heterocycles. The molecule has 0 fully saturated rings. The van der Waals surface area contributed by atoms with E-state index in [-0.39, 0.29) is 28.7 Å². The van der Waals surface area contributed by atoms with Gasteiger partial charge in [-0.3, -0.25) is 0 Å². The summed E-state index contributed by atoms with van der Waals surface area (Å²) in [6, 6.07) is 20.1. The highest BCUT2D eigenvalue weighted by molar-refractivity contribution is 5.66. The van der Waals surface area contributed by atoms with Gasteiger partial charge in [-0.1, -0.05) is 12.1 Å². The van der Waals surface area contributed by atoms with Gasteiger partial charge in [-0.05, 0) is 54.1 Å². The van der Waals surface area contributed by atoms with Gasteiger partial charge in [-0.25, -0.2) is 13.8 Å². The number of nitrogens with one attached hydrogen (secondary N) is 1. The van der Waals surface area contributed by atoms with Crippen LogP contribution in [0.5, 0.6) is 11.6 Å². The van der Waals surface area contributed by atoms with Crippen molar-refractivity contribution in [2.24, 2.45) is 0 Å². The Morgan fingerprint density at radius 3 is 2.25 bits per heavy atom. The SMILES string of the molecule is N#Cc1ccc(Nc2nccc(Oc3ccc(-c4ccc(C#N)cc4F)cc3F)n2)cc1. The van der Waals surface area contributed by atoms with Crippen molar-refractivity contribution in [3.8, 4) is 34.9 Å². The summed E-state index contributed by atoms with van der Waals surface area (Å²) in [6.45, 7) is 0. The van der Waals surface area contributed by atoms with Crippen LogP contribution in [0.2, 0.25) is 0 Å². The number of nitriles is 2. The van der Waals surface area contributed by atoms with Crippen molar-refractivity contribution in [2.75, 3.05) is 5.32 Å². The van der Waals surface area contributed by atoms with Crippen molar-refractivity contribution in [1.29, 1.82) is 10.5 Å². The Balaban J connectivity index is 1.52. The molecular weight excluding hydrogens is 412 g/mol. The minimum atomic E-state index is -0.702. The van der Waals surface area contributed by atoms with Crippen LogP contribution in [0.1, 0.15) is 11.1 Å². The smallest absolute Gasteiger partial charge is 0.230 e. The highest BCUT2D eigenvalue weighted by atomic mass is 19.1. The highest BCUT2D eigenvalue weighted by Crippen LogP contribution is 2.30. The van der Waals surface area contributed by atoms with Crippen LogP contribution >= 0.6 is 0 Å². The predicted octanol–water partition coefficient (Wildman–Crippen LogP) is 5.70. The van der Waals surface area contributed by atoms with Crippen molar-refractivity contribution in [3.05, 3.63) is 95.7 Å². The van der Waals surface area contributed by atoms with E-state index >= 15 is 0 Å². The summed E-state index contributed by atoms with van der Waals surface area (Å²) in [4.78, 5) is 8.29. The number of rotatable bonds is 5. The number of hydrogen-bond donors (Lipinski definition) is 1. The molecule has 0 aliphatic rings. The van der Waals surface area contributed by atoms with Crippen LogP contribution in [-0.2, 0) is 0 Å². The lowest BCUT2D eigenvalue weighted by Gasteiger charge is -2.10. The topological polar surface area (TPSA) is 94.6 Å². The standard InChI is InChI=1S/C24H13F2N5O/c25-20-11-16(14-28)3-7-19(20)17-4-8-22(21(26)12-17)32-23-9-10-29-24(31-23)30-18-5-1-15(13-27)2-6-18/h1-12H,(H,29,30,31). The van der Waals surface area contributed by atoms with Gasteiger partial charge < -0.3 is 10.1 Å². The molecule has 0 saturated carbocycles. The summed E-state index contributed by atoms with van der Waals surface area (Å²) in [5.41, 5.74) is 1.85. The van der Waals surface area contributed by atoms with Gasteiger partial charge in [0.25, 0.3) is 0 Å². The number of nitrogens with zero attached hydrogens (tertiary/aromatic N) is 4. The molecule has 0 aliphatic heterocycles. The Kier molecular flexibility index (Phi) is 5.69. The van der Waals surface area contributed by atoms with Gasteiger partial charge in [-0.2, -0.15) is 15.5 Å². The molecule has 4 rings (SSSR count). The maximum atomic E-state index is 14.6. The van der Waals surface area contributed by atoms with Crippen LogP contribution in [0, 0.1) is 34.3 Å². The summed E-state index contributed by atoms with van der Waals surface area (Å²) in [5.74, 6) is -1.08. The van der Waals surface area contributed by atoms with E-state index in [9.17, 15) is 8.78 Å². The maximum Gasteiger partial charge on any atom is 0.230 e. The van der Waals surface area contributed by atoms with Gasteiger partial charge in [0, 0.05) is 23.5 Å². The minimum Gasteiger partial charge on any atom is -0.436 e. The summed E-state index contributed by atoms with van der Waals surface area (Å²) >= 11 is 0. The van der Waals surface area contributed by atoms with Crippen LogP contribution in [0.4, 0.5) is 20.4 Å². The fourth-order valence-electron chi connectivity index (χ4n) is 2.90. The fourth-order valence-corrected chi connectivity index (χ4v) is 2.90. The fraction of sp³-hybridized carbons (Fsp3) is 0. The van der Waals surface area contributed by atoms with E-state index in [4.69, 9.17) is 15.3 Å². The van der Waals surface area contributed by atoms with E-state index in [0.717, 1.165) is 12.1 Å². The molecule has 8 heteroatoms. The molecule has 0 atom stereocenters. The second kappa shape index (κ2) is 8.90. The lowest BCUT2D eigenvalue weighted by atomic mass is 10.0. The first-order valence-corrected chi connectivity index (χ1v) is 9.33. The van der Waals surface area contributed by atoms with Gasteiger partial charge in [0.15, 0.2) is 11.6 Å². The van der Waals surface area contributed by atoms with Gasteiger partial charge in [0.2, 0.25) is 11.8 Å². The van der Waals surface area contributed by atoms with E-state index in [2.05, 4.69) is 15.3 Å². The third-order valence-corrected chi connectivity index (χ3v) is 4.46. The van der Waals surface area contributed by atoms with E-state index in [1.54, 1.807) is 24.3 Å². The monoisotopic (exact) mass is 425 g/mol. The lowest BCUT2D eigenvalue weighted by molar-refractivity contribution is 0.427. The summed E-state index contributed by atoms with van der Waals surface area (Å²) in [5, 5.41) is 20.7. The predicted molar refractivity (Wildman–Crippen MR) is 113 cm³/mol. The van der Waals surface area contributed by atoms with Gasteiger partial charge in [-0.15, -0.1) is 0 Å². The Bertz CT molecular complexity index is 1370. The van der Waals surface area contributed by atoms with Crippen LogP contribution in [0.25, 0.3) is 11.1 Å². The number of aromatic nitrogens is 2. The van der Waals surface area contributed by atoms with E-state index < -0.39 is 11.6 Å². The Morgan fingerprint density at radius 2 is 1.56 bits per heavy atom. The van der Waals surface area contributed by atoms with E-state index in [0.29, 0.717) is 16.8 Å². The van der Waals surface area contributed by atoms with Crippen molar-refractivity contribution in [1.82, 2.24) is 9.97 Å². The Labute approximate surface area is 182 Å². The molecule has 1 heterocycles. The van der Waals surface area contributed by atoms with Gasteiger partial charge in [0.05, 0.1) is 23.3 Å². The van der Waals surface area contributed by atoms with Crippen molar-refractivity contribution in [2.45, 2.75) is 0 Å². The zero-order chi connectivity index (χ0) is 22.5. The number of anilines is 2. The van der Waals surface area contributed by atoms with Gasteiger partial charge in [0.1, 0.15) is 5.82 Å². The molecule has 4 aromatic rings. The van der Waals surface area contributed by atoms with Crippen LogP contribution < -0.4 is 10.1 Å². The first kappa shape index (κ1) is 20.5. The number of hydrogen-bond acceptors (Lipinski definition) is 6. The number of ether oxygens (including phenoxy) is 1. The van der Waals surface area contributed by atoms with Crippen LogP contribution in [-0.4, -0.2) is 9.97 Å². The second-order valence-electron chi connectivity index (χ2n) is 6.59. The molecular formula is C24H13F2N5O. The zero-order valence-electron chi connectivity index (χ0n) is 16.4. The summed E-state index contributed by atoms with van der Waals surface area (Å²) < 4.78 is 34.4. The first-order valence-electron chi connectivity index (χ1n) is 9.33. The molecule has 0 spiro atoms. The van der Waals surface area contributed by atoms with Crippen LogP contribution in [0.3, 0.4) is 0 Å². The average molecular weight is 425 g/mol. The normalized spacial score (nSPS) is 10.1. The quantitative estimate of drug-likeness (QED) is 0.441. The molecule has 0 unspecified atom stereocenters. The molecule has 0 bridgehead atoms. The third kappa shape index (κ3) is 4.50. The second-order valence-corrected chi connectivity index (χ2v) is 6.59. The molecule has 32 heavy (non-hydrogen) atoms. The van der Waals surface area contributed by atoms with E-state index in [1.807, 2.05) is 12.1 Å². The van der Waals surface area contributed by atoms with Crippen molar-refractivity contribution in [3.63, 3.8) is 0 Å². The van der Waals surface area contributed by atoms with Crippen molar-refractivity contribution < 1.29 is 13.5 Å². The molecule has 1 N–H and O–H groups in total. The first-order chi connectivity index (χ1) is 15.6. The third-order valence-electron chi connectivity index (χ3n) is 4.46. The Morgan fingerprint density at radius 1 is 0.812 bits per heavy atom.